The molecule has 3 N–H and O–H groups in total. The van der Waals surface area contributed by atoms with Crippen molar-refractivity contribution in [1.82, 2.24) is 10.6 Å². The summed E-state index contributed by atoms with van der Waals surface area (Å²) < 4.78 is 11.3. The van der Waals surface area contributed by atoms with Crippen molar-refractivity contribution in [2.24, 2.45) is 0 Å². The van der Waals surface area contributed by atoms with Gasteiger partial charge >= 0.3 is 0 Å². The number of aliphatic hydroxyl groups is 1. The molecule has 1 fully saturated rings. The molecule has 1 heterocycles. The Labute approximate surface area is 144 Å². The van der Waals surface area contributed by atoms with Crippen LogP contribution in [0.1, 0.15) is 12.0 Å². The Morgan fingerprint density at radius 3 is 2.59 bits per heavy atom. The number of benzene rings is 1. The molecule has 2 rings (SSSR count). The fourth-order valence-electron chi connectivity index (χ4n) is 2.25. The van der Waals surface area contributed by atoms with E-state index in [1.54, 1.807) is 20.3 Å². The first-order valence-electron chi connectivity index (χ1n) is 6.64. The van der Waals surface area contributed by atoms with Gasteiger partial charge in [0, 0.05) is 17.6 Å². The molecule has 0 bridgehead atoms. The van der Waals surface area contributed by atoms with Gasteiger partial charge in [-0.25, -0.2) is 0 Å². The summed E-state index contributed by atoms with van der Waals surface area (Å²) in [5, 5.41) is 15.3. The maximum absolute atomic E-state index is 12.0. The monoisotopic (exact) mass is 394 g/mol. The minimum absolute atomic E-state index is 0. The highest BCUT2D eigenvalue weighted by molar-refractivity contribution is 9.10. The van der Waals surface area contributed by atoms with Crippen LogP contribution in [0.15, 0.2) is 16.6 Å². The fourth-order valence-corrected chi connectivity index (χ4v) is 2.72. The van der Waals surface area contributed by atoms with Crippen molar-refractivity contribution in [1.29, 1.82) is 0 Å². The first-order chi connectivity index (χ1) is 10.0. The second-order valence-electron chi connectivity index (χ2n) is 4.87. The van der Waals surface area contributed by atoms with Gasteiger partial charge < -0.3 is 25.2 Å². The van der Waals surface area contributed by atoms with Crippen LogP contribution in [0.5, 0.6) is 11.5 Å². The van der Waals surface area contributed by atoms with E-state index >= 15 is 0 Å². The molecule has 22 heavy (non-hydrogen) atoms. The number of rotatable bonds is 5. The lowest BCUT2D eigenvalue weighted by molar-refractivity contribution is -0.123. The molecule has 0 radical (unpaired) electrons. The van der Waals surface area contributed by atoms with E-state index in [0.717, 1.165) is 10.0 Å². The third kappa shape index (κ3) is 4.49. The molecule has 1 amide bonds. The molecule has 1 aliphatic heterocycles. The van der Waals surface area contributed by atoms with Crippen LogP contribution in [0.3, 0.4) is 0 Å². The standard InChI is InChI=1S/C14H19BrN2O4.ClH/c1-20-12-3-8(10(15)5-13(12)21-2)6-17-14(19)11-4-9(18)7-16-11;/h3,5,9,11,16,18H,4,6-7H2,1-2H3,(H,17,19);1H. The number of amides is 1. The van der Waals surface area contributed by atoms with Crippen LogP contribution >= 0.6 is 28.3 Å². The maximum Gasteiger partial charge on any atom is 0.237 e. The van der Waals surface area contributed by atoms with Crippen LogP contribution in [0.2, 0.25) is 0 Å². The van der Waals surface area contributed by atoms with Gasteiger partial charge in [0.25, 0.3) is 0 Å². The van der Waals surface area contributed by atoms with Gasteiger partial charge in [-0.3, -0.25) is 4.79 Å². The van der Waals surface area contributed by atoms with Crippen molar-refractivity contribution >= 4 is 34.2 Å². The zero-order valence-electron chi connectivity index (χ0n) is 12.4. The molecular weight excluding hydrogens is 376 g/mol. The van der Waals surface area contributed by atoms with E-state index < -0.39 is 6.10 Å². The van der Waals surface area contributed by atoms with Crippen LogP contribution in [0.25, 0.3) is 0 Å². The Balaban J connectivity index is 0.00000242. The molecule has 1 aromatic carbocycles. The van der Waals surface area contributed by atoms with Crippen molar-refractivity contribution in [3.63, 3.8) is 0 Å². The predicted octanol–water partition coefficient (Wildman–Crippen LogP) is 1.23. The summed E-state index contributed by atoms with van der Waals surface area (Å²) in [4.78, 5) is 12.0. The summed E-state index contributed by atoms with van der Waals surface area (Å²) in [5.41, 5.74) is 0.888. The summed E-state index contributed by atoms with van der Waals surface area (Å²) in [6, 6.07) is 3.29. The summed E-state index contributed by atoms with van der Waals surface area (Å²) in [5.74, 6) is 1.12. The molecular formula is C14H20BrClN2O4. The molecule has 1 saturated heterocycles. The number of halogens is 2. The van der Waals surface area contributed by atoms with E-state index in [9.17, 15) is 9.90 Å². The molecule has 0 spiro atoms. The topological polar surface area (TPSA) is 79.8 Å². The van der Waals surface area contributed by atoms with Crippen molar-refractivity contribution in [3.8, 4) is 11.5 Å². The summed E-state index contributed by atoms with van der Waals surface area (Å²) in [6.07, 6.45) is -0.00701. The maximum atomic E-state index is 12.0. The number of carbonyl (C=O) groups is 1. The molecule has 1 aliphatic rings. The van der Waals surface area contributed by atoms with Gasteiger partial charge in [0.05, 0.1) is 26.4 Å². The normalized spacial score (nSPS) is 20.2. The minimum Gasteiger partial charge on any atom is -0.493 e. The minimum atomic E-state index is -0.450. The molecule has 2 atom stereocenters. The van der Waals surface area contributed by atoms with Gasteiger partial charge in [0.15, 0.2) is 11.5 Å². The van der Waals surface area contributed by atoms with E-state index in [0.29, 0.717) is 31.0 Å². The highest BCUT2D eigenvalue weighted by Crippen LogP contribution is 2.33. The molecule has 0 saturated carbocycles. The summed E-state index contributed by atoms with van der Waals surface area (Å²) in [6.45, 7) is 0.826. The molecule has 1 aromatic rings. The van der Waals surface area contributed by atoms with E-state index in [1.807, 2.05) is 6.07 Å². The van der Waals surface area contributed by atoms with Crippen LogP contribution < -0.4 is 20.1 Å². The van der Waals surface area contributed by atoms with Gasteiger partial charge in [-0.15, -0.1) is 12.4 Å². The van der Waals surface area contributed by atoms with Crippen LogP contribution in [-0.4, -0.2) is 43.9 Å². The van der Waals surface area contributed by atoms with Gasteiger partial charge in [-0.1, -0.05) is 15.9 Å². The van der Waals surface area contributed by atoms with E-state index in [1.165, 1.54) is 0 Å². The molecule has 124 valence electrons. The number of carbonyl (C=O) groups excluding carboxylic acids is 1. The van der Waals surface area contributed by atoms with Gasteiger partial charge in [0.1, 0.15) is 0 Å². The van der Waals surface area contributed by atoms with Crippen molar-refractivity contribution in [2.45, 2.75) is 25.1 Å². The number of methoxy groups -OCH3 is 2. The third-order valence-corrected chi connectivity index (χ3v) is 4.17. The Kier molecular flexibility index (Phi) is 7.41. The first-order valence-corrected chi connectivity index (χ1v) is 7.44. The Morgan fingerprint density at radius 1 is 1.41 bits per heavy atom. The summed E-state index contributed by atoms with van der Waals surface area (Å²) >= 11 is 3.45. The van der Waals surface area contributed by atoms with Gasteiger partial charge in [0.2, 0.25) is 5.91 Å². The number of aliphatic hydroxyl groups excluding tert-OH is 1. The number of β-amino-alcohol motifs (C(OH)–C–C–N with tert-alkyl or cyclic N) is 1. The largest absolute Gasteiger partial charge is 0.493 e. The molecule has 8 heteroatoms. The molecule has 2 unspecified atom stereocenters. The van der Waals surface area contributed by atoms with E-state index in [2.05, 4.69) is 26.6 Å². The Bertz CT molecular complexity index is 530. The average molecular weight is 396 g/mol. The lowest BCUT2D eigenvalue weighted by Crippen LogP contribution is -2.40. The van der Waals surface area contributed by atoms with Gasteiger partial charge in [-0.05, 0) is 24.1 Å². The van der Waals surface area contributed by atoms with Crippen LogP contribution in [0.4, 0.5) is 0 Å². The van der Waals surface area contributed by atoms with E-state index in [-0.39, 0.29) is 24.4 Å². The number of hydrogen-bond donors (Lipinski definition) is 3. The lowest BCUT2D eigenvalue weighted by atomic mass is 10.1. The molecule has 6 nitrogen and oxygen atoms in total. The van der Waals surface area contributed by atoms with Crippen molar-refractivity contribution < 1.29 is 19.4 Å². The lowest BCUT2D eigenvalue weighted by Gasteiger charge is -2.14. The second-order valence-corrected chi connectivity index (χ2v) is 5.72. The van der Waals surface area contributed by atoms with Gasteiger partial charge in [-0.2, -0.15) is 0 Å². The quantitative estimate of drug-likeness (QED) is 0.699. The zero-order chi connectivity index (χ0) is 15.4. The van der Waals surface area contributed by atoms with Crippen molar-refractivity contribution in [2.75, 3.05) is 20.8 Å². The SMILES string of the molecule is COc1cc(Br)c(CNC(=O)C2CC(O)CN2)cc1OC.Cl. The highest BCUT2D eigenvalue weighted by atomic mass is 79.9. The van der Waals surface area contributed by atoms with Crippen LogP contribution in [0, 0.1) is 0 Å². The predicted molar refractivity (Wildman–Crippen MR) is 88.8 cm³/mol. The summed E-state index contributed by atoms with van der Waals surface area (Å²) in [7, 11) is 3.14. The molecule has 0 aliphatic carbocycles. The smallest absolute Gasteiger partial charge is 0.237 e. The van der Waals surface area contributed by atoms with E-state index in [4.69, 9.17) is 9.47 Å². The number of hydrogen-bond acceptors (Lipinski definition) is 5. The molecule has 0 aromatic heterocycles. The number of ether oxygens (including phenoxy) is 2. The zero-order valence-corrected chi connectivity index (χ0v) is 14.8. The highest BCUT2D eigenvalue weighted by Gasteiger charge is 2.27. The third-order valence-electron chi connectivity index (χ3n) is 3.43. The van der Waals surface area contributed by atoms with Crippen molar-refractivity contribution in [3.05, 3.63) is 22.2 Å². The average Bonchev–Trinajstić information content (AvgIpc) is 2.91. The number of nitrogens with one attached hydrogen (secondary N) is 2. The Morgan fingerprint density at radius 2 is 2.05 bits per heavy atom. The first kappa shape index (κ1) is 19.0. The Hall–Kier alpha value is -1.02. The second kappa shape index (κ2) is 8.57. The van der Waals surface area contributed by atoms with Crippen LogP contribution in [-0.2, 0) is 11.3 Å². The fraction of sp³-hybridized carbons (Fsp3) is 0.500.